The lowest BCUT2D eigenvalue weighted by atomic mass is 9.84. The minimum Gasteiger partial charge on any atom is -0.381 e. The quantitative estimate of drug-likeness (QED) is 0.809. The van der Waals surface area contributed by atoms with Crippen molar-refractivity contribution in [2.24, 2.45) is 0 Å². The Morgan fingerprint density at radius 2 is 1.81 bits per heavy atom. The molecule has 0 N–H and O–H groups in total. The molecule has 3 aliphatic rings. The predicted octanol–water partition coefficient (Wildman–Crippen LogP) is 1.75. The zero-order chi connectivity index (χ0) is 18.9. The van der Waals surface area contributed by atoms with E-state index < -0.39 is 5.54 Å². The van der Waals surface area contributed by atoms with E-state index in [0.717, 1.165) is 56.7 Å². The SMILES string of the molecule is CCN1CCN(C(=O)CC2(N3Cc4ccccc4C3=O)CCOCC2)CC1. The number of hydrogen-bond donors (Lipinski definition) is 0. The average molecular weight is 371 g/mol. The van der Waals surface area contributed by atoms with Crippen LogP contribution in [0.1, 0.15) is 42.1 Å². The summed E-state index contributed by atoms with van der Waals surface area (Å²) in [6, 6.07) is 7.81. The number of hydrogen-bond acceptors (Lipinski definition) is 4. The first kappa shape index (κ1) is 18.4. The second kappa shape index (κ2) is 7.60. The standard InChI is InChI=1S/C21H29N3O3/c1-2-22-9-11-23(12-10-22)19(25)15-21(7-13-27-14-8-21)24-16-17-5-3-4-6-18(17)20(24)26/h3-6H,2,7-16H2,1H3. The first-order chi connectivity index (χ1) is 13.1. The molecule has 3 aliphatic heterocycles. The second-order valence-corrected chi connectivity index (χ2v) is 7.88. The topological polar surface area (TPSA) is 53.1 Å². The minimum absolute atomic E-state index is 0.0658. The van der Waals surface area contributed by atoms with Gasteiger partial charge in [0.25, 0.3) is 5.91 Å². The number of amides is 2. The highest BCUT2D eigenvalue weighted by atomic mass is 16.5. The van der Waals surface area contributed by atoms with Gasteiger partial charge < -0.3 is 19.4 Å². The maximum Gasteiger partial charge on any atom is 0.254 e. The summed E-state index contributed by atoms with van der Waals surface area (Å²) < 4.78 is 5.58. The van der Waals surface area contributed by atoms with E-state index in [1.807, 2.05) is 34.1 Å². The number of nitrogens with zero attached hydrogens (tertiary/aromatic N) is 3. The van der Waals surface area contributed by atoms with Gasteiger partial charge in [-0.3, -0.25) is 9.59 Å². The van der Waals surface area contributed by atoms with Gasteiger partial charge in [0.15, 0.2) is 0 Å². The molecule has 2 amide bonds. The third kappa shape index (κ3) is 3.48. The van der Waals surface area contributed by atoms with E-state index in [9.17, 15) is 9.59 Å². The highest BCUT2D eigenvalue weighted by molar-refractivity contribution is 5.99. The Bertz CT molecular complexity index is 706. The van der Waals surface area contributed by atoms with Crippen LogP contribution in [0.3, 0.4) is 0 Å². The van der Waals surface area contributed by atoms with Crippen molar-refractivity contribution in [3.8, 4) is 0 Å². The third-order valence-corrected chi connectivity index (χ3v) is 6.47. The molecule has 0 bridgehead atoms. The molecule has 0 unspecified atom stereocenters. The lowest BCUT2D eigenvalue weighted by molar-refractivity contribution is -0.137. The van der Waals surface area contributed by atoms with E-state index >= 15 is 0 Å². The van der Waals surface area contributed by atoms with Crippen molar-refractivity contribution in [3.05, 3.63) is 35.4 Å². The summed E-state index contributed by atoms with van der Waals surface area (Å²) in [5.41, 5.74) is 1.43. The van der Waals surface area contributed by atoms with E-state index in [-0.39, 0.29) is 11.8 Å². The van der Waals surface area contributed by atoms with Crippen LogP contribution in [-0.2, 0) is 16.1 Å². The number of fused-ring (bicyclic) bond motifs is 1. The number of ether oxygens (including phenoxy) is 1. The van der Waals surface area contributed by atoms with E-state index in [4.69, 9.17) is 4.74 Å². The van der Waals surface area contributed by atoms with E-state index in [0.29, 0.717) is 26.2 Å². The van der Waals surface area contributed by atoms with Crippen LogP contribution in [0.2, 0.25) is 0 Å². The zero-order valence-electron chi connectivity index (χ0n) is 16.2. The number of carbonyl (C=O) groups excluding carboxylic acids is 2. The monoisotopic (exact) mass is 371 g/mol. The van der Waals surface area contributed by atoms with Gasteiger partial charge in [-0.05, 0) is 31.0 Å². The van der Waals surface area contributed by atoms with Gasteiger partial charge in [0.1, 0.15) is 0 Å². The summed E-state index contributed by atoms with van der Waals surface area (Å²) in [5.74, 6) is 0.243. The molecule has 0 saturated carbocycles. The summed E-state index contributed by atoms with van der Waals surface area (Å²) in [6.45, 7) is 8.45. The molecule has 27 heavy (non-hydrogen) atoms. The van der Waals surface area contributed by atoms with Crippen LogP contribution in [0.4, 0.5) is 0 Å². The number of benzene rings is 1. The Morgan fingerprint density at radius 3 is 2.48 bits per heavy atom. The van der Waals surface area contributed by atoms with Crippen molar-refractivity contribution in [1.82, 2.24) is 14.7 Å². The van der Waals surface area contributed by atoms with E-state index in [1.165, 1.54) is 0 Å². The maximum absolute atomic E-state index is 13.1. The Hall–Kier alpha value is -1.92. The van der Waals surface area contributed by atoms with Crippen molar-refractivity contribution in [2.45, 2.75) is 38.3 Å². The Morgan fingerprint density at radius 1 is 1.11 bits per heavy atom. The molecule has 0 spiro atoms. The highest BCUT2D eigenvalue weighted by Crippen LogP contribution is 2.38. The lowest BCUT2D eigenvalue weighted by Crippen LogP contribution is -2.56. The van der Waals surface area contributed by atoms with Crippen LogP contribution in [-0.4, -0.2) is 78.0 Å². The molecule has 0 radical (unpaired) electrons. The van der Waals surface area contributed by atoms with Gasteiger partial charge in [-0.2, -0.15) is 0 Å². The highest BCUT2D eigenvalue weighted by Gasteiger charge is 2.46. The van der Waals surface area contributed by atoms with Gasteiger partial charge in [-0.25, -0.2) is 0 Å². The Balaban J connectivity index is 1.52. The van der Waals surface area contributed by atoms with E-state index in [1.54, 1.807) is 0 Å². The zero-order valence-corrected chi connectivity index (χ0v) is 16.2. The van der Waals surface area contributed by atoms with Gasteiger partial charge in [-0.1, -0.05) is 25.1 Å². The fourth-order valence-corrected chi connectivity index (χ4v) is 4.64. The number of rotatable bonds is 4. The maximum atomic E-state index is 13.1. The first-order valence-electron chi connectivity index (χ1n) is 10.1. The molecule has 0 aliphatic carbocycles. The molecule has 3 heterocycles. The van der Waals surface area contributed by atoms with Gasteiger partial charge in [-0.15, -0.1) is 0 Å². The van der Waals surface area contributed by atoms with Crippen LogP contribution in [0.25, 0.3) is 0 Å². The fraction of sp³-hybridized carbons (Fsp3) is 0.619. The Labute approximate surface area is 161 Å². The number of piperazine rings is 1. The van der Waals surface area contributed by atoms with Crippen molar-refractivity contribution >= 4 is 11.8 Å². The van der Waals surface area contributed by atoms with Crippen LogP contribution in [0, 0.1) is 0 Å². The summed E-state index contributed by atoms with van der Waals surface area (Å²) >= 11 is 0. The molecule has 6 heteroatoms. The second-order valence-electron chi connectivity index (χ2n) is 7.88. The molecule has 4 rings (SSSR count). The predicted molar refractivity (Wildman–Crippen MR) is 102 cm³/mol. The minimum atomic E-state index is -0.423. The Kier molecular flexibility index (Phi) is 5.19. The van der Waals surface area contributed by atoms with Crippen molar-refractivity contribution in [2.75, 3.05) is 45.9 Å². The average Bonchev–Trinajstić information content (AvgIpc) is 3.06. The number of carbonyl (C=O) groups is 2. The molecule has 0 aromatic heterocycles. The molecule has 6 nitrogen and oxygen atoms in total. The van der Waals surface area contributed by atoms with Crippen LogP contribution in [0.15, 0.2) is 24.3 Å². The lowest BCUT2D eigenvalue weighted by Gasteiger charge is -2.45. The van der Waals surface area contributed by atoms with Crippen molar-refractivity contribution < 1.29 is 14.3 Å². The van der Waals surface area contributed by atoms with Gasteiger partial charge in [0, 0.05) is 51.5 Å². The van der Waals surface area contributed by atoms with Crippen molar-refractivity contribution in [1.29, 1.82) is 0 Å². The van der Waals surface area contributed by atoms with Gasteiger partial charge >= 0.3 is 0 Å². The molecule has 146 valence electrons. The molecule has 2 fully saturated rings. The number of likely N-dealkylation sites (N-methyl/N-ethyl adjacent to an activating group) is 1. The third-order valence-electron chi connectivity index (χ3n) is 6.47. The van der Waals surface area contributed by atoms with Crippen molar-refractivity contribution in [3.63, 3.8) is 0 Å². The summed E-state index contributed by atoms with van der Waals surface area (Å²) in [7, 11) is 0. The van der Waals surface area contributed by atoms with Gasteiger partial charge in [0.05, 0.1) is 12.0 Å². The van der Waals surface area contributed by atoms with Crippen LogP contribution >= 0.6 is 0 Å². The first-order valence-corrected chi connectivity index (χ1v) is 10.1. The molecule has 1 aromatic rings. The molecule has 1 aromatic carbocycles. The molecular weight excluding hydrogens is 342 g/mol. The summed E-state index contributed by atoms with van der Waals surface area (Å²) in [6.07, 6.45) is 1.86. The van der Waals surface area contributed by atoms with Gasteiger partial charge in [0.2, 0.25) is 5.91 Å². The molecule has 0 atom stereocenters. The smallest absolute Gasteiger partial charge is 0.254 e. The fourth-order valence-electron chi connectivity index (χ4n) is 4.64. The molecule has 2 saturated heterocycles. The normalized spacial score (nSPS) is 22.8. The summed E-state index contributed by atoms with van der Waals surface area (Å²) in [4.78, 5) is 32.5. The van der Waals surface area contributed by atoms with Crippen LogP contribution in [0.5, 0.6) is 0 Å². The molecular formula is C21H29N3O3. The summed E-state index contributed by atoms with van der Waals surface area (Å²) in [5, 5.41) is 0. The van der Waals surface area contributed by atoms with E-state index in [2.05, 4.69) is 11.8 Å². The largest absolute Gasteiger partial charge is 0.381 e. The van der Waals surface area contributed by atoms with Crippen LogP contribution < -0.4 is 0 Å².